The van der Waals surface area contributed by atoms with Crippen LogP contribution in [0.1, 0.15) is 24.8 Å². The fourth-order valence-corrected chi connectivity index (χ4v) is 3.98. The molecular formula is C18H25FN2O3. The van der Waals surface area contributed by atoms with Crippen molar-refractivity contribution in [2.75, 3.05) is 26.8 Å². The van der Waals surface area contributed by atoms with Gasteiger partial charge in [0.15, 0.2) is 0 Å². The Bertz CT molecular complexity index is 601. The number of carbonyl (C=O) groups is 1. The first-order chi connectivity index (χ1) is 11.4. The molecule has 1 saturated carbocycles. The van der Waals surface area contributed by atoms with E-state index in [-0.39, 0.29) is 29.8 Å². The van der Waals surface area contributed by atoms with Gasteiger partial charge in [-0.25, -0.2) is 4.39 Å². The minimum Gasteiger partial charge on any atom is -0.396 e. The molecule has 1 aromatic rings. The molecule has 132 valence electrons. The minimum absolute atomic E-state index is 0.00630. The molecule has 3 rings (SSSR count). The van der Waals surface area contributed by atoms with Crippen LogP contribution in [-0.2, 0) is 16.0 Å². The van der Waals surface area contributed by atoms with Crippen LogP contribution in [0.15, 0.2) is 24.3 Å². The molecule has 1 aliphatic heterocycles. The van der Waals surface area contributed by atoms with E-state index in [1.807, 2.05) is 0 Å². The molecule has 5 nitrogen and oxygen atoms in total. The zero-order valence-corrected chi connectivity index (χ0v) is 14.0. The monoisotopic (exact) mass is 336 g/mol. The molecule has 0 radical (unpaired) electrons. The number of nitrogens with zero attached hydrogens (tertiary/aromatic N) is 1. The molecule has 1 saturated heterocycles. The molecule has 0 bridgehead atoms. The molecule has 2 fully saturated rings. The van der Waals surface area contributed by atoms with Gasteiger partial charge in [-0.1, -0.05) is 12.1 Å². The van der Waals surface area contributed by atoms with Crippen LogP contribution >= 0.6 is 0 Å². The lowest BCUT2D eigenvalue weighted by Crippen LogP contribution is -2.62. The number of amides is 1. The van der Waals surface area contributed by atoms with Crippen molar-refractivity contribution in [1.82, 2.24) is 4.90 Å². The second-order valence-electron chi connectivity index (χ2n) is 7.30. The minimum atomic E-state index is -0.791. The predicted molar refractivity (Wildman–Crippen MR) is 87.8 cm³/mol. The fourth-order valence-electron chi connectivity index (χ4n) is 3.98. The molecule has 3 N–H and O–H groups in total. The maximum absolute atomic E-state index is 13.1. The summed E-state index contributed by atoms with van der Waals surface area (Å²) < 4.78 is 18.5. The first-order valence-electron chi connectivity index (χ1n) is 8.37. The van der Waals surface area contributed by atoms with Gasteiger partial charge in [0.2, 0.25) is 0 Å². The maximum Gasteiger partial charge on any atom is 0.254 e. The third-order valence-corrected chi connectivity index (χ3v) is 5.52. The van der Waals surface area contributed by atoms with E-state index < -0.39 is 5.60 Å². The number of aliphatic hydroxyl groups excluding tert-OH is 1. The summed E-state index contributed by atoms with van der Waals surface area (Å²) in [6, 6.07) is 6.33. The lowest BCUT2D eigenvalue weighted by atomic mass is 9.75. The summed E-state index contributed by atoms with van der Waals surface area (Å²) in [5, 5.41) is 9.94. The maximum atomic E-state index is 13.1. The smallest absolute Gasteiger partial charge is 0.254 e. The van der Waals surface area contributed by atoms with Crippen molar-refractivity contribution in [3.63, 3.8) is 0 Å². The molecular weight excluding hydrogens is 311 g/mol. The summed E-state index contributed by atoms with van der Waals surface area (Å²) >= 11 is 0. The Morgan fingerprint density at radius 1 is 1.42 bits per heavy atom. The SMILES string of the molecule is COC1(C(=O)N2CCC(CO)(Cc3ccc(F)cc3)C2)CC(N)C1. The van der Waals surface area contributed by atoms with E-state index in [4.69, 9.17) is 10.5 Å². The van der Waals surface area contributed by atoms with Crippen molar-refractivity contribution in [2.45, 2.75) is 37.3 Å². The molecule has 6 heteroatoms. The van der Waals surface area contributed by atoms with Gasteiger partial charge in [0.1, 0.15) is 11.4 Å². The molecule has 1 aromatic carbocycles. The number of methoxy groups -OCH3 is 1. The van der Waals surface area contributed by atoms with Gasteiger partial charge >= 0.3 is 0 Å². The molecule has 1 heterocycles. The van der Waals surface area contributed by atoms with Crippen LogP contribution in [0, 0.1) is 11.2 Å². The number of rotatable bonds is 5. The summed E-state index contributed by atoms with van der Waals surface area (Å²) in [5.41, 5.74) is 5.63. The third kappa shape index (κ3) is 3.06. The molecule has 0 aromatic heterocycles. The quantitative estimate of drug-likeness (QED) is 0.844. The number of hydrogen-bond acceptors (Lipinski definition) is 4. The summed E-state index contributed by atoms with van der Waals surface area (Å²) in [6.45, 7) is 1.08. The van der Waals surface area contributed by atoms with Gasteiger partial charge in [-0.3, -0.25) is 4.79 Å². The number of nitrogens with two attached hydrogens (primary N) is 1. The fraction of sp³-hybridized carbons (Fsp3) is 0.611. The predicted octanol–water partition coefficient (Wildman–Crippen LogP) is 1.09. The zero-order valence-electron chi connectivity index (χ0n) is 14.0. The summed E-state index contributed by atoms with van der Waals surface area (Å²) in [6.07, 6.45) is 2.43. The van der Waals surface area contributed by atoms with Crippen LogP contribution in [0.4, 0.5) is 4.39 Å². The van der Waals surface area contributed by atoms with Crippen LogP contribution in [0.2, 0.25) is 0 Å². The van der Waals surface area contributed by atoms with Gasteiger partial charge in [-0.15, -0.1) is 0 Å². The van der Waals surface area contributed by atoms with E-state index >= 15 is 0 Å². The highest BCUT2D eigenvalue weighted by Gasteiger charge is 2.53. The van der Waals surface area contributed by atoms with E-state index in [2.05, 4.69) is 0 Å². The van der Waals surface area contributed by atoms with Crippen molar-refractivity contribution in [3.05, 3.63) is 35.6 Å². The van der Waals surface area contributed by atoms with Gasteiger partial charge in [0.25, 0.3) is 5.91 Å². The molecule has 0 spiro atoms. The number of carbonyl (C=O) groups excluding carboxylic acids is 1. The van der Waals surface area contributed by atoms with Crippen molar-refractivity contribution in [3.8, 4) is 0 Å². The van der Waals surface area contributed by atoms with Crippen LogP contribution in [0.25, 0.3) is 0 Å². The molecule has 1 atom stereocenters. The molecule has 1 amide bonds. The van der Waals surface area contributed by atoms with Crippen molar-refractivity contribution < 1.29 is 19.0 Å². The Balaban J connectivity index is 1.69. The van der Waals surface area contributed by atoms with Crippen molar-refractivity contribution >= 4 is 5.91 Å². The topological polar surface area (TPSA) is 75.8 Å². The molecule has 24 heavy (non-hydrogen) atoms. The Morgan fingerprint density at radius 2 is 2.08 bits per heavy atom. The largest absolute Gasteiger partial charge is 0.396 e. The van der Waals surface area contributed by atoms with E-state index in [9.17, 15) is 14.3 Å². The standard InChI is InChI=1S/C18H25FN2O3/c1-24-18(9-15(20)10-18)16(23)21-7-6-17(11-21,12-22)8-13-2-4-14(19)5-3-13/h2-5,15,22H,6-12,20H2,1H3. The van der Waals surface area contributed by atoms with Gasteiger partial charge in [-0.2, -0.15) is 0 Å². The van der Waals surface area contributed by atoms with Crippen LogP contribution in [0.5, 0.6) is 0 Å². The summed E-state index contributed by atoms with van der Waals surface area (Å²) in [7, 11) is 1.55. The third-order valence-electron chi connectivity index (χ3n) is 5.52. The lowest BCUT2D eigenvalue weighted by molar-refractivity contribution is -0.167. The second kappa shape index (κ2) is 6.43. The van der Waals surface area contributed by atoms with Gasteiger partial charge in [0, 0.05) is 44.5 Å². The lowest BCUT2D eigenvalue weighted by Gasteiger charge is -2.45. The normalized spacial score (nSPS) is 32.7. The van der Waals surface area contributed by atoms with E-state index in [1.54, 1.807) is 24.1 Å². The Morgan fingerprint density at radius 3 is 2.62 bits per heavy atom. The molecule has 2 aliphatic rings. The average molecular weight is 336 g/mol. The number of ether oxygens (including phenoxy) is 1. The van der Waals surface area contributed by atoms with Gasteiger partial charge in [-0.05, 0) is 30.5 Å². The Hall–Kier alpha value is -1.50. The number of benzene rings is 1. The first-order valence-corrected chi connectivity index (χ1v) is 8.37. The average Bonchev–Trinajstić information content (AvgIpc) is 2.98. The zero-order chi connectivity index (χ0) is 17.4. The highest BCUT2D eigenvalue weighted by molar-refractivity contribution is 5.87. The van der Waals surface area contributed by atoms with Crippen LogP contribution < -0.4 is 5.73 Å². The highest BCUT2D eigenvalue weighted by Crippen LogP contribution is 2.40. The van der Waals surface area contributed by atoms with E-state index in [0.29, 0.717) is 32.4 Å². The first kappa shape index (κ1) is 17.3. The summed E-state index contributed by atoms with van der Waals surface area (Å²) in [4.78, 5) is 14.6. The Labute approximate surface area is 141 Å². The Kier molecular flexibility index (Phi) is 4.64. The second-order valence-corrected chi connectivity index (χ2v) is 7.30. The van der Waals surface area contributed by atoms with Gasteiger partial charge < -0.3 is 20.5 Å². The van der Waals surface area contributed by atoms with Crippen LogP contribution in [0.3, 0.4) is 0 Å². The number of likely N-dealkylation sites (tertiary alicyclic amines) is 1. The molecule has 1 aliphatic carbocycles. The van der Waals surface area contributed by atoms with Gasteiger partial charge in [0.05, 0.1) is 6.61 Å². The number of hydrogen-bond donors (Lipinski definition) is 2. The van der Waals surface area contributed by atoms with Crippen molar-refractivity contribution in [2.24, 2.45) is 11.1 Å². The highest BCUT2D eigenvalue weighted by atomic mass is 19.1. The van der Waals surface area contributed by atoms with E-state index in [0.717, 1.165) is 12.0 Å². The molecule has 1 unspecified atom stereocenters. The van der Waals surface area contributed by atoms with Crippen LogP contribution in [-0.4, -0.2) is 54.4 Å². The number of halogens is 1. The summed E-state index contributed by atoms with van der Waals surface area (Å²) in [5.74, 6) is -0.301. The van der Waals surface area contributed by atoms with E-state index in [1.165, 1.54) is 12.1 Å². The number of aliphatic hydroxyl groups is 1. The van der Waals surface area contributed by atoms with Crippen molar-refractivity contribution in [1.29, 1.82) is 0 Å².